The lowest BCUT2D eigenvalue weighted by atomic mass is 9.98. The summed E-state index contributed by atoms with van der Waals surface area (Å²) in [7, 11) is 0. The van der Waals surface area contributed by atoms with Gasteiger partial charge in [0, 0.05) is 22.8 Å². The smallest absolute Gasteiger partial charge is 0.312 e. The molecule has 1 aliphatic carbocycles. The van der Waals surface area contributed by atoms with Crippen molar-refractivity contribution in [2.45, 2.75) is 44.6 Å². The summed E-state index contributed by atoms with van der Waals surface area (Å²) >= 11 is 1.49. The first-order valence-corrected chi connectivity index (χ1v) is 9.48. The van der Waals surface area contributed by atoms with Gasteiger partial charge in [-0.15, -0.1) is 11.3 Å². The number of imidazole rings is 1. The molecular weight excluding hydrogens is 339 g/mol. The van der Waals surface area contributed by atoms with Gasteiger partial charge in [0.1, 0.15) is 11.9 Å². The Morgan fingerprint density at radius 1 is 1.24 bits per heavy atom. The largest absolute Gasteiger partial charge is 0.462 e. The van der Waals surface area contributed by atoms with E-state index < -0.39 is 0 Å². The van der Waals surface area contributed by atoms with Crippen LogP contribution in [-0.4, -0.2) is 21.5 Å². The fourth-order valence-electron chi connectivity index (χ4n) is 3.27. The van der Waals surface area contributed by atoms with Crippen molar-refractivity contribution in [2.75, 3.05) is 0 Å². The summed E-state index contributed by atoms with van der Waals surface area (Å²) in [5.74, 6) is -0.445. The average molecular weight is 358 g/mol. The Kier molecular flexibility index (Phi) is 4.53. The Bertz CT molecular complexity index is 879. The molecule has 0 aliphatic heterocycles. The second-order valence-corrected chi connectivity index (χ2v) is 7.28. The number of aromatic nitrogens is 2. The van der Waals surface area contributed by atoms with Crippen LogP contribution in [-0.2, 0) is 16.0 Å². The maximum atomic E-state index is 13.1. The number of benzene rings is 1. The van der Waals surface area contributed by atoms with E-state index in [4.69, 9.17) is 4.74 Å². The zero-order valence-corrected chi connectivity index (χ0v) is 14.6. The van der Waals surface area contributed by atoms with Crippen molar-refractivity contribution in [3.63, 3.8) is 0 Å². The molecule has 2 aromatic heterocycles. The van der Waals surface area contributed by atoms with Crippen LogP contribution in [0, 0.1) is 5.82 Å². The zero-order valence-electron chi connectivity index (χ0n) is 13.8. The van der Waals surface area contributed by atoms with E-state index in [-0.39, 0.29) is 24.3 Å². The third-order valence-electron chi connectivity index (χ3n) is 4.60. The summed E-state index contributed by atoms with van der Waals surface area (Å²) in [6, 6.07) is 6.26. The van der Waals surface area contributed by atoms with Crippen molar-refractivity contribution >= 4 is 22.3 Å². The zero-order chi connectivity index (χ0) is 17.2. The van der Waals surface area contributed by atoms with Gasteiger partial charge >= 0.3 is 5.97 Å². The molecule has 0 saturated heterocycles. The molecule has 0 unspecified atom stereocenters. The first-order chi connectivity index (χ1) is 12.2. The minimum Gasteiger partial charge on any atom is -0.462 e. The van der Waals surface area contributed by atoms with Gasteiger partial charge in [0.25, 0.3) is 0 Å². The lowest BCUT2D eigenvalue weighted by molar-refractivity contribution is -0.149. The summed E-state index contributed by atoms with van der Waals surface area (Å²) in [5, 5.41) is 1.94. The molecular formula is C19H19FN2O2S. The Morgan fingerprint density at radius 2 is 2.00 bits per heavy atom. The topological polar surface area (TPSA) is 43.6 Å². The van der Waals surface area contributed by atoms with Gasteiger partial charge in [0.2, 0.25) is 0 Å². The van der Waals surface area contributed by atoms with Gasteiger partial charge in [0.05, 0.1) is 12.1 Å². The Balaban J connectivity index is 1.50. The quantitative estimate of drug-likeness (QED) is 0.639. The average Bonchev–Trinajstić information content (AvgIpc) is 3.18. The van der Waals surface area contributed by atoms with Crippen LogP contribution in [0.25, 0.3) is 16.2 Å². The molecule has 130 valence electrons. The normalized spacial score (nSPS) is 15.6. The Morgan fingerprint density at radius 3 is 2.76 bits per heavy atom. The number of carbonyl (C=O) groups excluding carboxylic acids is 1. The molecule has 0 bridgehead atoms. The lowest BCUT2D eigenvalue weighted by Crippen LogP contribution is -2.22. The van der Waals surface area contributed by atoms with E-state index in [9.17, 15) is 9.18 Å². The molecule has 1 aromatic carbocycles. The molecule has 3 aromatic rings. The second-order valence-electron chi connectivity index (χ2n) is 6.44. The molecule has 4 nitrogen and oxygen atoms in total. The maximum absolute atomic E-state index is 13.1. The number of ether oxygens (including phenoxy) is 1. The highest BCUT2D eigenvalue weighted by molar-refractivity contribution is 7.15. The SMILES string of the molecule is O=C(Cc1csc2nc(-c3ccc(F)cc3)cn12)OC1CCCCC1. The number of fused-ring (bicyclic) bond motifs is 1. The van der Waals surface area contributed by atoms with Crippen molar-refractivity contribution in [3.05, 3.63) is 47.4 Å². The van der Waals surface area contributed by atoms with Crippen molar-refractivity contribution in [3.8, 4) is 11.3 Å². The van der Waals surface area contributed by atoms with Crippen LogP contribution >= 0.6 is 11.3 Å². The molecule has 0 amide bonds. The maximum Gasteiger partial charge on any atom is 0.312 e. The van der Waals surface area contributed by atoms with Crippen molar-refractivity contribution in [1.29, 1.82) is 0 Å². The van der Waals surface area contributed by atoms with Gasteiger partial charge in [-0.2, -0.15) is 0 Å². The lowest BCUT2D eigenvalue weighted by Gasteiger charge is -2.21. The van der Waals surface area contributed by atoms with Gasteiger partial charge in [-0.25, -0.2) is 9.37 Å². The van der Waals surface area contributed by atoms with E-state index in [0.29, 0.717) is 0 Å². The molecule has 0 atom stereocenters. The van der Waals surface area contributed by atoms with Crippen LogP contribution in [0.15, 0.2) is 35.8 Å². The number of hydrogen-bond donors (Lipinski definition) is 0. The van der Waals surface area contributed by atoms with Crippen LogP contribution in [0.1, 0.15) is 37.8 Å². The van der Waals surface area contributed by atoms with E-state index >= 15 is 0 Å². The van der Waals surface area contributed by atoms with E-state index in [2.05, 4.69) is 4.98 Å². The number of hydrogen-bond acceptors (Lipinski definition) is 4. The summed E-state index contributed by atoms with van der Waals surface area (Å²) in [6.07, 6.45) is 7.69. The molecule has 4 rings (SSSR count). The number of thiazole rings is 1. The third-order valence-corrected chi connectivity index (χ3v) is 5.49. The third kappa shape index (κ3) is 3.58. The highest BCUT2D eigenvalue weighted by Gasteiger charge is 2.19. The molecule has 6 heteroatoms. The predicted octanol–water partition coefficient (Wildman–Crippen LogP) is 4.62. The summed E-state index contributed by atoms with van der Waals surface area (Å²) in [6.45, 7) is 0. The van der Waals surface area contributed by atoms with E-state index in [0.717, 1.165) is 47.6 Å². The van der Waals surface area contributed by atoms with Crippen LogP contribution in [0.3, 0.4) is 0 Å². The van der Waals surface area contributed by atoms with E-state index in [1.165, 1.54) is 29.9 Å². The number of rotatable bonds is 4. The predicted molar refractivity (Wildman–Crippen MR) is 95.1 cm³/mol. The molecule has 1 fully saturated rings. The van der Waals surface area contributed by atoms with Gasteiger partial charge in [-0.05, 0) is 49.9 Å². The molecule has 0 spiro atoms. The fraction of sp³-hybridized carbons (Fsp3) is 0.368. The molecule has 0 N–H and O–H groups in total. The van der Waals surface area contributed by atoms with Gasteiger partial charge < -0.3 is 4.74 Å². The van der Waals surface area contributed by atoms with E-state index in [1.807, 2.05) is 16.0 Å². The van der Waals surface area contributed by atoms with Crippen LogP contribution < -0.4 is 0 Å². The minimum atomic E-state index is -0.268. The van der Waals surface area contributed by atoms with Gasteiger partial charge in [0.15, 0.2) is 4.96 Å². The molecule has 2 heterocycles. The molecule has 0 radical (unpaired) electrons. The number of carbonyl (C=O) groups is 1. The highest BCUT2D eigenvalue weighted by atomic mass is 32.1. The van der Waals surface area contributed by atoms with Gasteiger partial charge in [-0.1, -0.05) is 6.42 Å². The number of esters is 1. The van der Waals surface area contributed by atoms with Crippen LogP contribution in [0.4, 0.5) is 4.39 Å². The monoisotopic (exact) mass is 358 g/mol. The summed E-state index contributed by atoms with van der Waals surface area (Å²) < 4.78 is 20.6. The van der Waals surface area contributed by atoms with Crippen molar-refractivity contribution < 1.29 is 13.9 Å². The number of halogens is 1. The van der Waals surface area contributed by atoms with E-state index in [1.54, 1.807) is 12.1 Å². The Hall–Kier alpha value is -2.21. The first-order valence-electron chi connectivity index (χ1n) is 8.60. The highest BCUT2D eigenvalue weighted by Crippen LogP contribution is 2.25. The first kappa shape index (κ1) is 16.3. The molecule has 25 heavy (non-hydrogen) atoms. The van der Waals surface area contributed by atoms with Crippen LogP contribution in [0.5, 0.6) is 0 Å². The molecule has 1 aliphatic rings. The second kappa shape index (κ2) is 6.96. The Labute approximate surface area is 149 Å². The van der Waals surface area contributed by atoms with Crippen molar-refractivity contribution in [1.82, 2.24) is 9.38 Å². The fourth-order valence-corrected chi connectivity index (χ4v) is 4.15. The van der Waals surface area contributed by atoms with Gasteiger partial charge in [-0.3, -0.25) is 9.20 Å². The number of nitrogens with zero attached hydrogens (tertiary/aromatic N) is 2. The molecule has 1 saturated carbocycles. The standard InChI is InChI=1S/C19H19FN2O2S/c20-14-8-6-13(7-9-14)17-11-22-15(12-25-19(22)21-17)10-18(23)24-16-4-2-1-3-5-16/h6-9,11-12,16H,1-5,10H2. The summed E-state index contributed by atoms with van der Waals surface area (Å²) in [4.78, 5) is 17.6. The summed E-state index contributed by atoms with van der Waals surface area (Å²) in [5.41, 5.74) is 2.50. The van der Waals surface area contributed by atoms with Crippen molar-refractivity contribution in [2.24, 2.45) is 0 Å². The minimum absolute atomic E-state index is 0.0768. The van der Waals surface area contributed by atoms with Crippen LogP contribution in [0.2, 0.25) is 0 Å².